The number of benzene rings is 1. The van der Waals surface area contributed by atoms with Gasteiger partial charge < -0.3 is 4.90 Å². The fourth-order valence-electron chi connectivity index (χ4n) is 3.33. The molecular weight excluding hydrogens is 366 g/mol. The number of nitrogens with zero attached hydrogens (tertiary/aromatic N) is 3. The van der Waals surface area contributed by atoms with Crippen LogP contribution in [0, 0.1) is 5.82 Å². The minimum Gasteiger partial charge on any atom is -0.328 e. The number of aromatic nitrogens is 2. The zero-order chi connectivity index (χ0) is 18.5. The van der Waals surface area contributed by atoms with Crippen LogP contribution >= 0.6 is 11.6 Å². The molecule has 2 amide bonds. The SMILES string of the molecule is O=C(CN1C[C@]2(C[C@H]2F)c2cc(Cl)ccc2C1=O)Nc1ncc(F)cn1. The van der Waals surface area contributed by atoms with E-state index < -0.39 is 23.3 Å². The first-order valence-electron chi connectivity index (χ1n) is 7.90. The molecule has 26 heavy (non-hydrogen) atoms. The van der Waals surface area contributed by atoms with Gasteiger partial charge in [-0.15, -0.1) is 0 Å². The van der Waals surface area contributed by atoms with Crippen molar-refractivity contribution in [1.82, 2.24) is 14.9 Å². The first-order valence-corrected chi connectivity index (χ1v) is 8.28. The third kappa shape index (κ3) is 2.80. The zero-order valence-electron chi connectivity index (χ0n) is 13.4. The van der Waals surface area contributed by atoms with E-state index in [1.54, 1.807) is 18.2 Å². The number of rotatable bonds is 3. The van der Waals surface area contributed by atoms with E-state index in [-0.39, 0.29) is 31.4 Å². The van der Waals surface area contributed by atoms with Gasteiger partial charge in [-0.05, 0) is 30.2 Å². The Hall–Kier alpha value is -2.61. The molecular formula is C17H13ClF2N4O2. The van der Waals surface area contributed by atoms with E-state index in [4.69, 9.17) is 11.6 Å². The van der Waals surface area contributed by atoms with Crippen LogP contribution in [0.5, 0.6) is 0 Å². The summed E-state index contributed by atoms with van der Waals surface area (Å²) < 4.78 is 27.0. The molecule has 0 radical (unpaired) electrons. The molecule has 0 bridgehead atoms. The van der Waals surface area contributed by atoms with Crippen molar-refractivity contribution >= 4 is 29.4 Å². The number of carbonyl (C=O) groups is 2. The van der Waals surface area contributed by atoms with Crippen molar-refractivity contribution in [3.05, 3.63) is 52.6 Å². The third-order valence-corrected chi connectivity index (χ3v) is 4.93. The molecule has 1 spiro atoms. The van der Waals surface area contributed by atoms with Crippen LogP contribution in [0.4, 0.5) is 14.7 Å². The third-order valence-electron chi connectivity index (χ3n) is 4.70. The Kier molecular flexibility index (Phi) is 3.87. The quantitative estimate of drug-likeness (QED) is 0.889. The summed E-state index contributed by atoms with van der Waals surface area (Å²) in [5.41, 5.74) is 0.147. The number of fused-ring (bicyclic) bond motifs is 2. The van der Waals surface area contributed by atoms with Gasteiger partial charge in [-0.25, -0.2) is 18.7 Å². The van der Waals surface area contributed by atoms with Crippen LogP contribution in [0.25, 0.3) is 0 Å². The van der Waals surface area contributed by atoms with Crippen LogP contribution in [0.3, 0.4) is 0 Å². The van der Waals surface area contributed by atoms with Crippen molar-refractivity contribution in [3.8, 4) is 0 Å². The summed E-state index contributed by atoms with van der Waals surface area (Å²) in [5.74, 6) is -1.61. The minimum atomic E-state index is -1.08. The predicted molar refractivity (Wildman–Crippen MR) is 89.2 cm³/mol. The molecule has 0 saturated heterocycles. The van der Waals surface area contributed by atoms with Crippen LogP contribution in [-0.4, -0.2) is 45.9 Å². The number of carbonyl (C=O) groups excluding carboxylic acids is 2. The first-order chi connectivity index (χ1) is 12.4. The van der Waals surface area contributed by atoms with E-state index in [0.717, 1.165) is 12.4 Å². The smallest absolute Gasteiger partial charge is 0.254 e. The maximum absolute atomic E-state index is 14.1. The summed E-state index contributed by atoms with van der Waals surface area (Å²) in [5, 5.41) is 2.83. The molecule has 6 nitrogen and oxygen atoms in total. The Morgan fingerprint density at radius 2 is 2.08 bits per heavy atom. The molecule has 9 heteroatoms. The molecule has 1 aliphatic heterocycles. The van der Waals surface area contributed by atoms with Crippen molar-refractivity contribution in [2.45, 2.75) is 18.0 Å². The molecule has 2 atom stereocenters. The molecule has 1 N–H and O–H groups in total. The zero-order valence-corrected chi connectivity index (χ0v) is 14.1. The van der Waals surface area contributed by atoms with Gasteiger partial charge in [0.15, 0.2) is 5.82 Å². The molecule has 2 aliphatic rings. The summed E-state index contributed by atoms with van der Waals surface area (Å²) >= 11 is 6.00. The van der Waals surface area contributed by atoms with E-state index in [9.17, 15) is 18.4 Å². The van der Waals surface area contributed by atoms with E-state index in [1.807, 2.05) is 0 Å². The Labute approximate surface area is 152 Å². The van der Waals surface area contributed by atoms with E-state index in [2.05, 4.69) is 15.3 Å². The lowest BCUT2D eigenvalue weighted by atomic mass is 9.86. The number of amides is 2. The maximum atomic E-state index is 14.1. The van der Waals surface area contributed by atoms with Crippen LogP contribution in [0.2, 0.25) is 5.02 Å². The van der Waals surface area contributed by atoms with Crippen molar-refractivity contribution in [2.24, 2.45) is 0 Å². The molecule has 2 heterocycles. The lowest BCUT2D eigenvalue weighted by molar-refractivity contribution is -0.117. The van der Waals surface area contributed by atoms with Crippen molar-refractivity contribution in [2.75, 3.05) is 18.4 Å². The Bertz CT molecular complexity index is 908. The lowest BCUT2D eigenvalue weighted by Gasteiger charge is -2.34. The fraction of sp³-hybridized carbons (Fsp3) is 0.294. The van der Waals surface area contributed by atoms with Gasteiger partial charge in [0.25, 0.3) is 5.91 Å². The molecule has 0 unspecified atom stereocenters. The van der Waals surface area contributed by atoms with E-state index in [1.165, 1.54) is 4.90 Å². The fourth-order valence-corrected chi connectivity index (χ4v) is 3.50. The monoisotopic (exact) mass is 378 g/mol. The molecule has 4 rings (SSSR count). The number of anilines is 1. The Morgan fingerprint density at radius 1 is 1.38 bits per heavy atom. The number of hydrogen-bond donors (Lipinski definition) is 1. The number of nitrogens with one attached hydrogen (secondary N) is 1. The van der Waals surface area contributed by atoms with Crippen LogP contribution in [-0.2, 0) is 10.2 Å². The highest BCUT2D eigenvalue weighted by molar-refractivity contribution is 6.30. The van der Waals surface area contributed by atoms with Gasteiger partial charge in [-0.1, -0.05) is 11.6 Å². The summed E-state index contributed by atoms with van der Waals surface area (Å²) in [4.78, 5) is 33.4. The second kappa shape index (κ2) is 5.98. The summed E-state index contributed by atoms with van der Waals surface area (Å²) in [6.45, 7) is -0.186. The minimum absolute atomic E-state index is 0.0717. The number of alkyl halides is 1. The highest BCUT2D eigenvalue weighted by Crippen LogP contribution is 2.54. The Balaban J connectivity index is 1.54. The van der Waals surface area contributed by atoms with Gasteiger partial charge in [0.1, 0.15) is 12.7 Å². The molecule has 134 valence electrons. The molecule has 1 aromatic heterocycles. The topological polar surface area (TPSA) is 75.2 Å². The molecule has 1 saturated carbocycles. The number of hydrogen-bond acceptors (Lipinski definition) is 4. The van der Waals surface area contributed by atoms with Crippen molar-refractivity contribution in [1.29, 1.82) is 0 Å². The molecule has 2 aromatic rings. The van der Waals surface area contributed by atoms with Crippen LogP contribution in [0.1, 0.15) is 22.3 Å². The average molecular weight is 379 g/mol. The first kappa shape index (κ1) is 16.8. The van der Waals surface area contributed by atoms with Crippen molar-refractivity contribution in [3.63, 3.8) is 0 Å². The van der Waals surface area contributed by atoms with Gasteiger partial charge in [0, 0.05) is 22.5 Å². The second-order valence-electron chi connectivity index (χ2n) is 6.45. The normalized spacial score (nSPS) is 23.7. The summed E-state index contributed by atoms with van der Waals surface area (Å²) in [6.07, 6.45) is 1.04. The van der Waals surface area contributed by atoms with Gasteiger partial charge in [0.05, 0.1) is 12.4 Å². The second-order valence-corrected chi connectivity index (χ2v) is 6.89. The summed E-state index contributed by atoms with van der Waals surface area (Å²) in [6, 6.07) is 4.75. The maximum Gasteiger partial charge on any atom is 0.254 e. The van der Waals surface area contributed by atoms with Gasteiger partial charge >= 0.3 is 0 Å². The highest BCUT2D eigenvalue weighted by Gasteiger charge is 2.61. The van der Waals surface area contributed by atoms with Gasteiger partial charge in [-0.2, -0.15) is 0 Å². The molecule has 1 aliphatic carbocycles. The van der Waals surface area contributed by atoms with Gasteiger partial charge in [0.2, 0.25) is 11.9 Å². The lowest BCUT2D eigenvalue weighted by Crippen LogP contribution is -2.47. The number of halogens is 3. The predicted octanol–water partition coefficient (Wildman–Crippen LogP) is 2.34. The van der Waals surface area contributed by atoms with Crippen LogP contribution < -0.4 is 5.32 Å². The van der Waals surface area contributed by atoms with E-state index in [0.29, 0.717) is 16.1 Å². The highest BCUT2D eigenvalue weighted by atomic mass is 35.5. The summed E-state index contributed by atoms with van der Waals surface area (Å²) in [7, 11) is 0. The van der Waals surface area contributed by atoms with Crippen molar-refractivity contribution < 1.29 is 18.4 Å². The standard InChI is InChI=1S/C17H13ClF2N4O2/c18-9-1-2-11-12(3-9)17(4-13(17)20)8-24(15(11)26)7-14(25)23-16-21-5-10(19)6-22-16/h1-3,5-6,13H,4,7-8H2,(H,21,22,23,25)/t13-,17-/m1/s1. The van der Waals surface area contributed by atoms with E-state index >= 15 is 0 Å². The van der Waals surface area contributed by atoms with Gasteiger partial charge in [-0.3, -0.25) is 14.9 Å². The molecule has 1 aromatic carbocycles. The van der Waals surface area contributed by atoms with Crippen LogP contribution in [0.15, 0.2) is 30.6 Å². The largest absolute Gasteiger partial charge is 0.328 e. The molecule has 1 fully saturated rings. The average Bonchev–Trinajstić information content (AvgIpc) is 3.25. The Morgan fingerprint density at radius 3 is 2.73 bits per heavy atom.